The van der Waals surface area contributed by atoms with Gasteiger partial charge in [0.2, 0.25) is 10.0 Å². The molecule has 0 spiro atoms. The fourth-order valence-electron chi connectivity index (χ4n) is 5.22. The molecule has 0 saturated heterocycles. The van der Waals surface area contributed by atoms with Gasteiger partial charge in [-0.1, -0.05) is 54.9 Å². The maximum Gasteiger partial charge on any atom is 0.318 e. The Hall–Kier alpha value is -3.20. The van der Waals surface area contributed by atoms with Crippen molar-refractivity contribution in [2.75, 3.05) is 47.9 Å². The topological polar surface area (TPSA) is 102 Å². The number of sulfonamides is 1. The lowest BCUT2D eigenvalue weighted by Gasteiger charge is -2.28. The van der Waals surface area contributed by atoms with Crippen molar-refractivity contribution in [3.8, 4) is 11.4 Å². The van der Waals surface area contributed by atoms with Crippen LogP contribution in [0.5, 0.6) is 5.75 Å². The minimum absolute atomic E-state index is 0.0276. The minimum atomic E-state index is -4.39. The Morgan fingerprint density at radius 2 is 1.73 bits per heavy atom. The molecule has 0 saturated carbocycles. The largest absolute Gasteiger partial charge is 0.495 e. The minimum Gasteiger partial charge on any atom is -0.495 e. The second-order valence-corrected chi connectivity index (χ2v) is 16.7. The van der Waals surface area contributed by atoms with Crippen molar-refractivity contribution in [3.05, 3.63) is 99.3 Å². The van der Waals surface area contributed by atoms with Crippen LogP contribution in [0.4, 0.5) is 8.78 Å². The van der Waals surface area contributed by atoms with Crippen molar-refractivity contribution in [1.82, 2.24) is 13.9 Å². The summed E-state index contributed by atoms with van der Waals surface area (Å²) < 4.78 is 65.3. The number of carbonyl (C=O) groups is 1. The molecule has 4 aromatic rings. The Morgan fingerprint density at radius 1 is 1.06 bits per heavy atom. The first kappa shape index (κ1) is 38.6. The van der Waals surface area contributed by atoms with Crippen LogP contribution >= 0.6 is 35.0 Å². The molecule has 3 aromatic carbocycles. The van der Waals surface area contributed by atoms with Gasteiger partial charge in [0.15, 0.2) is 5.16 Å². The number of benzene rings is 3. The van der Waals surface area contributed by atoms with Crippen molar-refractivity contribution in [1.29, 1.82) is 0 Å². The molecule has 1 aromatic heterocycles. The van der Waals surface area contributed by atoms with Crippen LogP contribution in [-0.2, 0) is 26.0 Å². The summed E-state index contributed by atoms with van der Waals surface area (Å²) in [6, 6.07) is 13.3. The van der Waals surface area contributed by atoms with Gasteiger partial charge in [-0.05, 0) is 54.1 Å². The first-order valence-electron chi connectivity index (χ1n) is 15.2. The van der Waals surface area contributed by atoms with Gasteiger partial charge in [-0.15, -0.1) is 0 Å². The van der Waals surface area contributed by atoms with Crippen molar-refractivity contribution in [2.24, 2.45) is 0 Å². The standard InChI is InChI=1S/C34H38Cl2F2N4O5S2/c1-34(2,22-8-13-27(35)30(16-22)47-6)31-19-39-33(41(31)24-11-9-23(37)10-12-24)48-21-26-28(36)17-25(18-29(26)38)49(45,46)40(20-32(43)44)14-7-15-42(3,4)5/h8-13,16-19H,7,14-15,20-21H2,1-6H3/p+1. The molecule has 1 N–H and O–H groups in total. The van der Waals surface area contributed by atoms with Crippen LogP contribution in [0.15, 0.2) is 70.8 Å². The molecule has 0 aliphatic carbocycles. The Balaban J connectivity index is 1.68. The number of ether oxygens (including phenoxy) is 1. The lowest BCUT2D eigenvalue weighted by molar-refractivity contribution is -0.870. The third-order valence-electron chi connectivity index (χ3n) is 7.97. The van der Waals surface area contributed by atoms with E-state index in [0.29, 0.717) is 39.1 Å². The van der Waals surface area contributed by atoms with E-state index in [4.69, 9.17) is 27.9 Å². The van der Waals surface area contributed by atoms with Crippen LogP contribution in [0.25, 0.3) is 5.69 Å². The van der Waals surface area contributed by atoms with Gasteiger partial charge in [0.1, 0.15) is 23.9 Å². The number of thioether (sulfide) groups is 1. The van der Waals surface area contributed by atoms with Crippen LogP contribution in [-0.4, -0.2) is 85.7 Å². The third-order valence-corrected chi connectivity index (χ3v) is 11.4. The zero-order valence-electron chi connectivity index (χ0n) is 28.0. The lowest BCUT2D eigenvalue weighted by Crippen LogP contribution is -2.40. The van der Waals surface area contributed by atoms with Gasteiger partial charge in [-0.25, -0.2) is 22.2 Å². The second-order valence-electron chi connectivity index (χ2n) is 13.0. The summed E-state index contributed by atoms with van der Waals surface area (Å²) in [6.45, 7) is 3.75. The van der Waals surface area contributed by atoms with Crippen molar-refractivity contribution in [3.63, 3.8) is 0 Å². The highest BCUT2D eigenvalue weighted by molar-refractivity contribution is 7.98. The van der Waals surface area contributed by atoms with Gasteiger partial charge < -0.3 is 14.3 Å². The summed E-state index contributed by atoms with van der Waals surface area (Å²) in [6.07, 6.45) is 2.09. The van der Waals surface area contributed by atoms with E-state index in [1.807, 2.05) is 51.7 Å². The van der Waals surface area contributed by atoms with Gasteiger partial charge in [-0.3, -0.25) is 9.36 Å². The van der Waals surface area contributed by atoms with E-state index in [9.17, 15) is 22.7 Å². The van der Waals surface area contributed by atoms with Crippen molar-refractivity contribution < 1.29 is 36.3 Å². The summed E-state index contributed by atoms with van der Waals surface area (Å²) in [4.78, 5) is 15.7. The Bertz CT molecular complexity index is 1910. The molecule has 0 aliphatic rings. The Morgan fingerprint density at radius 3 is 2.33 bits per heavy atom. The fourth-order valence-corrected chi connectivity index (χ4v) is 8.33. The summed E-state index contributed by atoms with van der Waals surface area (Å²) >= 11 is 14.0. The monoisotopic (exact) mass is 755 g/mol. The average Bonchev–Trinajstić information content (AvgIpc) is 3.44. The number of aliphatic carboxylic acids is 1. The number of imidazole rings is 1. The fraction of sp³-hybridized carbons (Fsp3) is 0.353. The summed E-state index contributed by atoms with van der Waals surface area (Å²) in [5.41, 5.74) is 1.60. The maximum atomic E-state index is 15.7. The highest BCUT2D eigenvalue weighted by Gasteiger charge is 2.32. The van der Waals surface area contributed by atoms with E-state index in [1.165, 1.54) is 19.2 Å². The highest BCUT2D eigenvalue weighted by atomic mass is 35.5. The van der Waals surface area contributed by atoms with Crippen molar-refractivity contribution >= 4 is 51.0 Å². The van der Waals surface area contributed by atoms with E-state index in [-0.39, 0.29) is 22.9 Å². The summed E-state index contributed by atoms with van der Waals surface area (Å²) in [5, 5.41) is 10.2. The predicted molar refractivity (Wildman–Crippen MR) is 189 cm³/mol. The molecule has 49 heavy (non-hydrogen) atoms. The normalized spacial score (nSPS) is 12.5. The number of rotatable bonds is 15. The number of hydrogen-bond donors (Lipinski definition) is 1. The van der Waals surface area contributed by atoms with Gasteiger partial charge in [0, 0.05) is 40.4 Å². The first-order valence-corrected chi connectivity index (χ1v) is 18.3. The highest BCUT2D eigenvalue weighted by Crippen LogP contribution is 2.40. The number of halogens is 4. The van der Waals surface area contributed by atoms with E-state index in [2.05, 4.69) is 4.98 Å². The van der Waals surface area contributed by atoms with E-state index in [0.717, 1.165) is 39.5 Å². The molecular weight excluding hydrogens is 717 g/mol. The number of nitrogens with zero attached hydrogens (tertiary/aromatic N) is 4. The molecule has 264 valence electrons. The number of hydrogen-bond acceptors (Lipinski definition) is 6. The molecule has 0 aliphatic heterocycles. The molecule has 0 amide bonds. The lowest BCUT2D eigenvalue weighted by atomic mass is 9.81. The van der Waals surface area contributed by atoms with Crippen LogP contribution in [0, 0.1) is 11.6 Å². The Labute approximate surface area is 300 Å². The third kappa shape index (κ3) is 9.13. The predicted octanol–water partition coefficient (Wildman–Crippen LogP) is 7.26. The van der Waals surface area contributed by atoms with Gasteiger partial charge >= 0.3 is 5.97 Å². The maximum absolute atomic E-state index is 15.7. The molecule has 15 heteroatoms. The first-order chi connectivity index (χ1) is 22.8. The van der Waals surface area contributed by atoms with E-state index < -0.39 is 44.5 Å². The average molecular weight is 757 g/mol. The smallest absolute Gasteiger partial charge is 0.318 e. The SMILES string of the molecule is COc1cc(C(C)(C)c2cnc(SCc3c(F)cc(S(=O)(=O)N(CCC[N+](C)(C)C)CC(=O)O)cc3Cl)n2-c2ccc(F)cc2)ccc1Cl. The number of aromatic nitrogens is 2. The number of quaternary nitrogens is 1. The summed E-state index contributed by atoms with van der Waals surface area (Å²) in [7, 11) is 2.95. The number of methoxy groups -OCH3 is 1. The summed E-state index contributed by atoms with van der Waals surface area (Å²) in [5.74, 6) is -2.14. The van der Waals surface area contributed by atoms with Crippen LogP contribution in [0.2, 0.25) is 10.0 Å². The zero-order chi connectivity index (χ0) is 36.3. The Kier molecular flexibility index (Phi) is 12.1. The number of carboxylic acid groups (broad SMARTS) is 1. The van der Waals surface area contributed by atoms with Crippen LogP contribution in [0.1, 0.15) is 37.1 Å². The number of carboxylic acids is 1. The molecule has 1 heterocycles. The van der Waals surface area contributed by atoms with E-state index in [1.54, 1.807) is 24.4 Å². The quantitative estimate of drug-likeness (QED) is 0.101. The van der Waals surface area contributed by atoms with Gasteiger partial charge in [0.25, 0.3) is 0 Å². The molecular formula is C34H39Cl2F2N4O5S2+. The molecule has 0 radical (unpaired) electrons. The molecule has 0 atom stereocenters. The van der Waals surface area contributed by atoms with Gasteiger partial charge in [0.05, 0.1) is 56.6 Å². The molecule has 9 nitrogen and oxygen atoms in total. The molecule has 4 rings (SSSR count). The van der Waals surface area contributed by atoms with Crippen LogP contribution in [0.3, 0.4) is 0 Å². The van der Waals surface area contributed by atoms with Crippen molar-refractivity contribution in [2.45, 2.75) is 41.5 Å². The molecule has 0 fully saturated rings. The van der Waals surface area contributed by atoms with Crippen LogP contribution < -0.4 is 4.74 Å². The molecule has 0 bridgehead atoms. The molecule has 0 unspecified atom stereocenters. The van der Waals surface area contributed by atoms with Gasteiger partial charge in [-0.2, -0.15) is 4.31 Å². The van der Waals surface area contributed by atoms with E-state index >= 15 is 4.39 Å². The zero-order valence-corrected chi connectivity index (χ0v) is 31.2. The second kappa shape index (κ2) is 15.4.